The second-order valence-corrected chi connectivity index (χ2v) is 6.49. The first-order valence-corrected chi connectivity index (χ1v) is 8.43. The van der Waals surface area contributed by atoms with Crippen molar-refractivity contribution in [2.75, 3.05) is 29.5 Å². The number of hydrogen-bond acceptors (Lipinski definition) is 9. The highest BCUT2D eigenvalue weighted by Gasteiger charge is 2.23. The van der Waals surface area contributed by atoms with Crippen LogP contribution in [0.2, 0.25) is 5.15 Å². The lowest BCUT2D eigenvalue weighted by atomic mass is 10.0. The summed E-state index contributed by atoms with van der Waals surface area (Å²) in [6.07, 6.45) is 3.15. The van der Waals surface area contributed by atoms with Crippen molar-refractivity contribution in [1.82, 2.24) is 19.9 Å². The monoisotopic (exact) mass is 378 g/mol. The summed E-state index contributed by atoms with van der Waals surface area (Å²) in [7, 11) is 0. The van der Waals surface area contributed by atoms with E-state index in [2.05, 4.69) is 19.9 Å². The molecule has 1 aliphatic heterocycles. The fourth-order valence-corrected chi connectivity index (χ4v) is 3.08. The van der Waals surface area contributed by atoms with Gasteiger partial charge >= 0.3 is 5.69 Å². The predicted molar refractivity (Wildman–Crippen MR) is 98.2 cm³/mol. The van der Waals surface area contributed by atoms with Crippen LogP contribution in [0.5, 0.6) is 0 Å². The normalized spacial score (nSPS) is 17.3. The summed E-state index contributed by atoms with van der Waals surface area (Å²) in [6, 6.07) is 0.0247. The number of H-pyrrole nitrogens is 1. The average molecular weight is 379 g/mol. The predicted octanol–water partition coefficient (Wildman–Crippen LogP) is -0.269. The van der Waals surface area contributed by atoms with Gasteiger partial charge in [0, 0.05) is 19.1 Å². The van der Waals surface area contributed by atoms with Gasteiger partial charge in [-0.05, 0) is 12.8 Å². The summed E-state index contributed by atoms with van der Waals surface area (Å²) in [5, 5.41) is -0.104. The molecule has 1 saturated heterocycles. The van der Waals surface area contributed by atoms with E-state index in [0.29, 0.717) is 17.9 Å². The Kier molecular flexibility index (Phi) is 5.05. The van der Waals surface area contributed by atoms with Crippen molar-refractivity contribution in [3.8, 4) is 0 Å². The molecule has 0 aromatic carbocycles. The maximum atomic E-state index is 12.6. The zero-order valence-corrected chi connectivity index (χ0v) is 14.7. The van der Waals surface area contributed by atoms with Gasteiger partial charge in [-0.1, -0.05) is 11.6 Å². The van der Waals surface area contributed by atoms with E-state index in [1.165, 1.54) is 6.20 Å². The van der Waals surface area contributed by atoms with Crippen LogP contribution in [-0.2, 0) is 6.42 Å². The minimum atomic E-state index is -0.549. The number of hydrogen-bond donors (Lipinski definition) is 4. The number of nitrogens with two attached hydrogens (primary N) is 3. The highest BCUT2D eigenvalue weighted by molar-refractivity contribution is 6.31. The number of nitrogen functional groups attached to an aromatic ring is 2. The molecule has 10 nitrogen and oxygen atoms in total. The van der Waals surface area contributed by atoms with Gasteiger partial charge in [0.1, 0.15) is 0 Å². The van der Waals surface area contributed by atoms with Gasteiger partial charge in [-0.25, -0.2) is 14.8 Å². The summed E-state index contributed by atoms with van der Waals surface area (Å²) < 4.78 is 0. The third-order valence-electron chi connectivity index (χ3n) is 4.18. The molecule has 0 bridgehead atoms. The van der Waals surface area contributed by atoms with Gasteiger partial charge in [-0.15, -0.1) is 0 Å². The van der Waals surface area contributed by atoms with E-state index in [0.717, 1.165) is 19.4 Å². The number of aromatic amines is 1. The highest BCUT2D eigenvalue weighted by Crippen LogP contribution is 2.23. The number of aromatic nitrogens is 4. The molecule has 1 unspecified atom stereocenters. The van der Waals surface area contributed by atoms with E-state index in [1.807, 2.05) is 4.90 Å². The number of anilines is 3. The Labute approximate surface area is 153 Å². The molecule has 1 atom stereocenters. The van der Waals surface area contributed by atoms with Crippen LogP contribution in [0.15, 0.2) is 11.0 Å². The lowest BCUT2D eigenvalue weighted by Crippen LogP contribution is -2.43. The maximum Gasteiger partial charge on any atom is 0.345 e. The maximum absolute atomic E-state index is 12.6. The van der Waals surface area contributed by atoms with Gasteiger partial charge in [0.05, 0.1) is 24.0 Å². The van der Waals surface area contributed by atoms with Crippen LogP contribution >= 0.6 is 11.6 Å². The fourth-order valence-electron chi connectivity index (χ4n) is 2.95. The van der Waals surface area contributed by atoms with E-state index in [1.54, 1.807) is 0 Å². The van der Waals surface area contributed by atoms with Crippen LogP contribution in [0.1, 0.15) is 29.0 Å². The average Bonchev–Trinajstić information content (AvgIpc) is 2.58. The molecule has 7 N–H and O–H groups in total. The minimum absolute atomic E-state index is 0.0247. The first-order chi connectivity index (χ1) is 12.3. The lowest BCUT2D eigenvalue weighted by Gasteiger charge is -2.33. The number of halogens is 1. The Morgan fingerprint density at radius 1 is 1.35 bits per heavy atom. The first kappa shape index (κ1) is 18.1. The number of nitrogens with one attached hydrogen (secondary N) is 1. The Hall–Kier alpha value is -2.72. The lowest BCUT2D eigenvalue weighted by molar-refractivity contribution is 0.0988. The molecule has 1 fully saturated rings. The second-order valence-electron chi connectivity index (χ2n) is 6.13. The number of Topliss-reactive ketones (excluding diaryl/α,β-unsaturated/α-hetero) is 1. The molecule has 1 aliphatic rings. The van der Waals surface area contributed by atoms with Crippen molar-refractivity contribution in [3.05, 3.63) is 33.2 Å². The van der Waals surface area contributed by atoms with E-state index in [4.69, 9.17) is 28.8 Å². The zero-order chi connectivity index (χ0) is 18.8. The Morgan fingerprint density at radius 3 is 2.85 bits per heavy atom. The van der Waals surface area contributed by atoms with Crippen molar-refractivity contribution in [3.63, 3.8) is 0 Å². The zero-order valence-electron chi connectivity index (χ0n) is 13.9. The fraction of sp³-hybridized carbons (Fsp3) is 0.400. The first-order valence-electron chi connectivity index (χ1n) is 8.05. The van der Waals surface area contributed by atoms with Gasteiger partial charge < -0.3 is 27.1 Å². The summed E-state index contributed by atoms with van der Waals surface area (Å²) in [4.78, 5) is 40.4. The summed E-state index contributed by atoms with van der Waals surface area (Å²) in [6.45, 7) is 1.38. The van der Waals surface area contributed by atoms with Crippen LogP contribution < -0.4 is 27.8 Å². The molecule has 0 radical (unpaired) electrons. The van der Waals surface area contributed by atoms with Gasteiger partial charge in [-0.3, -0.25) is 4.79 Å². The van der Waals surface area contributed by atoms with Gasteiger partial charge in [0.2, 0.25) is 0 Å². The summed E-state index contributed by atoms with van der Waals surface area (Å²) in [5.74, 6) is -0.614. The van der Waals surface area contributed by atoms with Crippen molar-refractivity contribution in [1.29, 1.82) is 0 Å². The molecule has 0 saturated carbocycles. The standard InChI is InChI=1S/C15H19ClN8O2/c16-12-14(19)23-13(18)11(22-12)10(25)4-8-9(5-20-15(26)21-8)24-3-1-2-7(17)6-24/h5,7H,1-4,6,17H2,(H4,18,19,23)(H,20,21,26). The molecule has 3 heterocycles. The highest BCUT2D eigenvalue weighted by atomic mass is 35.5. The molecular formula is C15H19ClN8O2. The van der Waals surface area contributed by atoms with E-state index in [-0.39, 0.29) is 34.9 Å². The largest absolute Gasteiger partial charge is 0.382 e. The quantitative estimate of drug-likeness (QED) is 0.522. The van der Waals surface area contributed by atoms with Crippen LogP contribution in [-0.4, -0.2) is 44.9 Å². The molecular weight excluding hydrogens is 360 g/mol. The molecule has 138 valence electrons. The summed E-state index contributed by atoms with van der Waals surface area (Å²) in [5.41, 5.74) is 17.7. The van der Waals surface area contributed by atoms with E-state index >= 15 is 0 Å². The number of nitrogens with zero attached hydrogens (tertiary/aromatic N) is 4. The number of piperidine rings is 1. The molecule has 0 amide bonds. The van der Waals surface area contributed by atoms with Gasteiger partial charge in [-0.2, -0.15) is 4.98 Å². The van der Waals surface area contributed by atoms with Gasteiger partial charge in [0.25, 0.3) is 0 Å². The minimum Gasteiger partial charge on any atom is -0.382 e. The third-order valence-corrected chi connectivity index (χ3v) is 4.45. The van der Waals surface area contributed by atoms with Crippen molar-refractivity contribution in [2.45, 2.75) is 25.3 Å². The topological polar surface area (TPSA) is 170 Å². The van der Waals surface area contributed by atoms with Crippen LogP contribution in [0, 0.1) is 0 Å². The van der Waals surface area contributed by atoms with Crippen molar-refractivity contribution in [2.24, 2.45) is 5.73 Å². The molecule has 0 spiro atoms. The smallest absolute Gasteiger partial charge is 0.345 e. The van der Waals surface area contributed by atoms with Crippen molar-refractivity contribution < 1.29 is 4.79 Å². The summed E-state index contributed by atoms with van der Waals surface area (Å²) >= 11 is 5.83. The third kappa shape index (κ3) is 3.75. The Morgan fingerprint density at radius 2 is 2.12 bits per heavy atom. The molecule has 2 aromatic rings. The van der Waals surface area contributed by atoms with Crippen LogP contribution in [0.3, 0.4) is 0 Å². The number of ketones is 1. The molecule has 11 heteroatoms. The van der Waals surface area contributed by atoms with Gasteiger partial charge in [0.15, 0.2) is 28.3 Å². The Balaban J connectivity index is 1.92. The molecule has 3 rings (SSSR count). The molecule has 2 aromatic heterocycles. The SMILES string of the molecule is Nc1nc(N)c(C(=O)Cc2[nH]c(=O)ncc2N2CCCC(N)C2)nc1Cl. The molecule has 26 heavy (non-hydrogen) atoms. The second kappa shape index (κ2) is 7.26. The number of rotatable bonds is 4. The molecule has 0 aliphatic carbocycles. The number of carbonyl (C=O) groups is 1. The number of carbonyl (C=O) groups excluding carboxylic acids is 1. The Bertz CT molecular complexity index is 900. The van der Waals surface area contributed by atoms with Crippen LogP contribution in [0.25, 0.3) is 0 Å². The van der Waals surface area contributed by atoms with Crippen LogP contribution in [0.4, 0.5) is 17.3 Å². The van der Waals surface area contributed by atoms with E-state index in [9.17, 15) is 9.59 Å². The van der Waals surface area contributed by atoms with E-state index < -0.39 is 11.5 Å². The van der Waals surface area contributed by atoms with Crippen molar-refractivity contribution >= 4 is 34.7 Å².